The number of amides is 1. The zero-order chi connectivity index (χ0) is 19.4. The van der Waals surface area contributed by atoms with Gasteiger partial charge in [0.2, 0.25) is 0 Å². The molecule has 1 aromatic rings. The summed E-state index contributed by atoms with van der Waals surface area (Å²) in [5.74, 6) is 1.04. The lowest BCUT2D eigenvalue weighted by Crippen LogP contribution is -2.50. The first-order chi connectivity index (χ1) is 12.1. The average molecular weight is 383 g/mol. The van der Waals surface area contributed by atoms with Crippen molar-refractivity contribution < 1.29 is 14.3 Å². The van der Waals surface area contributed by atoms with Gasteiger partial charge in [0.25, 0.3) is 0 Å². The molecule has 1 saturated heterocycles. The van der Waals surface area contributed by atoms with Crippen LogP contribution >= 0.6 is 0 Å². The Kier molecular flexibility index (Phi) is 6.73. The molecule has 148 valence electrons. The summed E-state index contributed by atoms with van der Waals surface area (Å²) >= 11 is 0. The van der Waals surface area contributed by atoms with Crippen LogP contribution < -0.4 is 4.90 Å². The van der Waals surface area contributed by atoms with Crippen LogP contribution in [0.3, 0.4) is 0 Å². The van der Waals surface area contributed by atoms with Crippen LogP contribution in [0.4, 0.5) is 10.6 Å². The lowest BCUT2D eigenvalue weighted by Gasteiger charge is -2.36. The molecule has 7 nitrogen and oxygen atoms in total. The third-order valence-corrected chi connectivity index (χ3v) is 5.86. The van der Waals surface area contributed by atoms with Crippen LogP contribution in [0.25, 0.3) is 0 Å². The Hall–Kier alpha value is -1.54. The zero-order valence-corrected chi connectivity index (χ0v) is 18.1. The van der Waals surface area contributed by atoms with Crippen LogP contribution in [0, 0.1) is 0 Å². The number of carbonyl (C=O) groups is 1. The fourth-order valence-electron chi connectivity index (χ4n) is 2.67. The number of anilines is 1. The second-order valence-electron chi connectivity index (χ2n) is 8.99. The molecule has 0 N–H and O–H groups in total. The second-order valence-corrected chi connectivity index (χ2v) is 14.6. The zero-order valence-electron chi connectivity index (χ0n) is 17.1. The second kappa shape index (κ2) is 8.43. The summed E-state index contributed by atoms with van der Waals surface area (Å²) in [6.07, 6.45) is 1.57. The van der Waals surface area contributed by atoms with Crippen molar-refractivity contribution in [2.45, 2.75) is 58.8 Å². The molecule has 0 bridgehead atoms. The number of piperazine rings is 1. The van der Waals surface area contributed by atoms with Gasteiger partial charge in [-0.1, -0.05) is 19.6 Å². The molecule has 1 aromatic heterocycles. The van der Waals surface area contributed by atoms with E-state index in [0.29, 0.717) is 19.8 Å². The molecular formula is C18H34N4O3Si. The molecule has 0 atom stereocenters. The molecule has 0 spiro atoms. The highest BCUT2D eigenvalue weighted by Gasteiger charge is 2.27. The van der Waals surface area contributed by atoms with Gasteiger partial charge in [-0.2, -0.15) is 5.10 Å². The summed E-state index contributed by atoms with van der Waals surface area (Å²) in [5, 5.41) is 4.38. The van der Waals surface area contributed by atoms with Crippen molar-refractivity contribution in [1.29, 1.82) is 0 Å². The van der Waals surface area contributed by atoms with E-state index in [0.717, 1.165) is 31.6 Å². The van der Waals surface area contributed by atoms with Gasteiger partial charge in [0.15, 0.2) is 0 Å². The van der Waals surface area contributed by atoms with Crippen LogP contribution in [0.15, 0.2) is 12.3 Å². The molecule has 2 heterocycles. The molecule has 1 aliphatic rings. The van der Waals surface area contributed by atoms with Gasteiger partial charge in [0, 0.05) is 46.9 Å². The van der Waals surface area contributed by atoms with E-state index < -0.39 is 13.7 Å². The van der Waals surface area contributed by atoms with Crippen LogP contribution in [0.1, 0.15) is 20.8 Å². The van der Waals surface area contributed by atoms with Crippen molar-refractivity contribution in [3.8, 4) is 0 Å². The van der Waals surface area contributed by atoms with Crippen molar-refractivity contribution in [1.82, 2.24) is 14.7 Å². The van der Waals surface area contributed by atoms with Crippen molar-refractivity contribution in [3.63, 3.8) is 0 Å². The maximum atomic E-state index is 12.2. The third-order valence-electron chi connectivity index (χ3n) is 4.16. The topological polar surface area (TPSA) is 59.8 Å². The molecule has 0 unspecified atom stereocenters. The maximum Gasteiger partial charge on any atom is 0.410 e. The number of aromatic nitrogens is 2. The number of rotatable bonds is 6. The standard InChI is InChI=1S/C18H34N4O3Si/c1-18(2,3)25-17(23)21-11-9-20(10-12-21)16-7-8-19-22(16)15-24-13-14-26(4,5)6/h7-8H,9-15H2,1-6H3. The molecule has 1 fully saturated rings. The van der Waals surface area contributed by atoms with Crippen LogP contribution in [0.5, 0.6) is 0 Å². The average Bonchev–Trinajstić information content (AvgIpc) is 2.97. The van der Waals surface area contributed by atoms with E-state index in [1.165, 1.54) is 0 Å². The van der Waals surface area contributed by atoms with E-state index in [9.17, 15) is 4.79 Å². The van der Waals surface area contributed by atoms with Gasteiger partial charge in [0.1, 0.15) is 18.1 Å². The minimum absolute atomic E-state index is 0.236. The van der Waals surface area contributed by atoms with Crippen LogP contribution in [0.2, 0.25) is 25.7 Å². The lowest BCUT2D eigenvalue weighted by atomic mass is 10.2. The van der Waals surface area contributed by atoms with Gasteiger partial charge in [-0.15, -0.1) is 0 Å². The van der Waals surface area contributed by atoms with Crippen molar-refractivity contribution in [2.24, 2.45) is 0 Å². The normalized spacial score (nSPS) is 16.1. The van der Waals surface area contributed by atoms with Crippen LogP contribution in [-0.4, -0.2) is 67.2 Å². The highest BCUT2D eigenvalue weighted by atomic mass is 28.3. The Bertz CT molecular complexity index is 584. The Labute approximate surface area is 158 Å². The molecular weight excluding hydrogens is 348 g/mol. The smallest absolute Gasteiger partial charge is 0.410 e. The third kappa shape index (κ3) is 6.64. The van der Waals surface area contributed by atoms with Gasteiger partial charge in [0.05, 0.1) is 6.20 Å². The van der Waals surface area contributed by atoms with Crippen LogP contribution in [-0.2, 0) is 16.2 Å². The summed E-state index contributed by atoms with van der Waals surface area (Å²) in [6, 6.07) is 3.16. The predicted molar refractivity (Wildman–Crippen MR) is 106 cm³/mol. The lowest BCUT2D eigenvalue weighted by molar-refractivity contribution is 0.0239. The minimum atomic E-state index is -1.08. The predicted octanol–water partition coefficient (Wildman–Crippen LogP) is 3.25. The number of carbonyl (C=O) groups excluding carboxylic acids is 1. The minimum Gasteiger partial charge on any atom is -0.444 e. The van der Waals surface area contributed by atoms with E-state index in [2.05, 4.69) is 29.6 Å². The molecule has 0 radical (unpaired) electrons. The summed E-state index contributed by atoms with van der Waals surface area (Å²) in [4.78, 5) is 16.2. The summed E-state index contributed by atoms with van der Waals surface area (Å²) in [5.41, 5.74) is -0.458. The molecule has 2 rings (SSSR count). The van der Waals surface area contributed by atoms with Gasteiger partial charge in [-0.05, 0) is 26.8 Å². The summed E-state index contributed by atoms with van der Waals surface area (Å²) in [7, 11) is -1.08. The van der Waals surface area contributed by atoms with E-state index in [1.807, 2.05) is 31.5 Å². The first kappa shape index (κ1) is 20.8. The molecule has 8 heteroatoms. The highest BCUT2D eigenvalue weighted by molar-refractivity contribution is 6.76. The largest absolute Gasteiger partial charge is 0.444 e. The number of hydrogen-bond acceptors (Lipinski definition) is 5. The van der Waals surface area contributed by atoms with Gasteiger partial charge in [-0.3, -0.25) is 0 Å². The van der Waals surface area contributed by atoms with Crippen molar-refractivity contribution in [2.75, 3.05) is 37.7 Å². The van der Waals surface area contributed by atoms with E-state index >= 15 is 0 Å². The summed E-state index contributed by atoms with van der Waals surface area (Å²) in [6.45, 7) is 16.8. The SMILES string of the molecule is CC(C)(C)OC(=O)N1CCN(c2ccnn2COCC[Si](C)(C)C)CC1. The van der Waals surface area contributed by atoms with E-state index in [1.54, 1.807) is 11.1 Å². The first-order valence-corrected chi connectivity index (χ1v) is 13.1. The number of ether oxygens (including phenoxy) is 2. The first-order valence-electron chi connectivity index (χ1n) is 9.38. The molecule has 26 heavy (non-hydrogen) atoms. The van der Waals surface area contributed by atoms with Crippen molar-refractivity contribution in [3.05, 3.63) is 12.3 Å². The Morgan fingerprint density at radius 3 is 2.42 bits per heavy atom. The molecule has 1 amide bonds. The molecule has 0 aromatic carbocycles. The van der Waals surface area contributed by atoms with Gasteiger partial charge in [-0.25, -0.2) is 9.48 Å². The number of nitrogens with zero attached hydrogens (tertiary/aromatic N) is 4. The number of hydrogen-bond donors (Lipinski definition) is 0. The summed E-state index contributed by atoms with van der Waals surface area (Å²) < 4.78 is 13.2. The fourth-order valence-corrected chi connectivity index (χ4v) is 3.42. The Morgan fingerprint density at radius 1 is 1.19 bits per heavy atom. The van der Waals surface area contributed by atoms with E-state index in [4.69, 9.17) is 9.47 Å². The fraction of sp³-hybridized carbons (Fsp3) is 0.778. The monoisotopic (exact) mass is 382 g/mol. The van der Waals surface area contributed by atoms with Crippen molar-refractivity contribution >= 4 is 20.0 Å². The van der Waals surface area contributed by atoms with Gasteiger partial charge < -0.3 is 19.3 Å². The molecule has 1 aliphatic heterocycles. The molecule has 0 aliphatic carbocycles. The molecule has 0 saturated carbocycles. The quantitative estimate of drug-likeness (QED) is 0.558. The highest BCUT2D eigenvalue weighted by Crippen LogP contribution is 2.18. The van der Waals surface area contributed by atoms with Gasteiger partial charge >= 0.3 is 6.09 Å². The Morgan fingerprint density at radius 2 is 1.85 bits per heavy atom. The Balaban J connectivity index is 1.83. The van der Waals surface area contributed by atoms with E-state index in [-0.39, 0.29) is 6.09 Å². The maximum absolute atomic E-state index is 12.2.